The molecule has 2 aromatic heterocycles. The van der Waals surface area contributed by atoms with Crippen molar-refractivity contribution in [2.24, 2.45) is 0 Å². The molecule has 0 bridgehead atoms. The van der Waals surface area contributed by atoms with Gasteiger partial charge in [0.15, 0.2) is 0 Å². The third-order valence-electron chi connectivity index (χ3n) is 5.03. The molecular formula is C19H17ClFN5O. The smallest absolute Gasteiger partial charge is 0.254 e. The first-order chi connectivity index (χ1) is 13.0. The van der Waals surface area contributed by atoms with E-state index < -0.39 is 5.82 Å². The lowest BCUT2D eigenvalue weighted by Crippen LogP contribution is -2.40. The average molecular weight is 386 g/mol. The van der Waals surface area contributed by atoms with Gasteiger partial charge in [-0.2, -0.15) is 5.10 Å². The predicted molar refractivity (Wildman–Crippen MR) is 98.9 cm³/mol. The van der Waals surface area contributed by atoms with E-state index in [1.54, 1.807) is 24.1 Å². The minimum absolute atomic E-state index is 0.0121. The molecule has 0 radical (unpaired) electrons. The van der Waals surface area contributed by atoms with E-state index in [0.29, 0.717) is 18.5 Å². The number of carbonyl (C=O) groups is 1. The summed E-state index contributed by atoms with van der Waals surface area (Å²) >= 11 is 5.81. The lowest BCUT2D eigenvalue weighted by Gasteiger charge is -2.35. The Morgan fingerprint density at radius 3 is 2.89 bits per heavy atom. The molecule has 0 saturated heterocycles. The Morgan fingerprint density at radius 1 is 1.33 bits per heavy atom. The van der Waals surface area contributed by atoms with Gasteiger partial charge in [0.2, 0.25) is 0 Å². The molecule has 3 aromatic rings. The number of hydrogen-bond acceptors (Lipinski definition) is 4. The third kappa shape index (κ3) is 2.88. The van der Waals surface area contributed by atoms with Crippen molar-refractivity contribution in [2.75, 3.05) is 6.54 Å². The van der Waals surface area contributed by atoms with Gasteiger partial charge in [-0.1, -0.05) is 11.6 Å². The molecule has 1 atom stereocenters. The quantitative estimate of drug-likeness (QED) is 0.729. The van der Waals surface area contributed by atoms with E-state index in [4.69, 9.17) is 11.6 Å². The van der Waals surface area contributed by atoms with E-state index in [9.17, 15) is 9.18 Å². The molecule has 3 heterocycles. The molecule has 27 heavy (non-hydrogen) atoms. The molecule has 0 spiro atoms. The van der Waals surface area contributed by atoms with Crippen molar-refractivity contribution in [1.29, 1.82) is 0 Å². The van der Waals surface area contributed by atoms with Crippen molar-refractivity contribution >= 4 is 17.5 Å². The van der Waals surface area contributed by atoms with E-state index >= 15 is 0 Å². The van der Waals surface area contributed by atoms with Crippen molar-refractivity contribution in [3.05, 3.63) is 63.9 Å². The zero-order chi connectivity index (χ0) is 19.1. The van der Waals surface area contributed by atoms with Crippen LogP contribution in [0, 0.1) is 12.7 Å². The molecular weight excluding hydrogens is 369 g/mol. The van der Waals surface area contributed by atoms with Crippen LogP contribution in [0.4, 0.5) is 4.39 Å². The van der Waals surface area contributed by atoms with Crippen molar-refractivity contribution in [1.82, 2.24) is 25.1 Å². The highest BCUT2D eigenvalue weighted by Gasteiger charge is 2.32. The molecule has 1 N–H and O–H groups in total. The molecule has 0 aliphatic carbocycles. The fraction of sp³-hybridized carbons (Fsp3) is 0.263. The van der Waals surface area contributed by atoms with Crippen LogP contribution in [0.5, 0.6) is 0 Å². The Morgan fingerprint density at radius 2 is 2.15 bits per heavy atom. The van der Waals surface area contributed by atoms with Gasteiger partial charge in [0.05, 0.1) is 28.1 Å². The predicted octanol–water partition coefficient (Wildman–Crippen LogP) is 3.73. The number of aromatic amines is 1. The van der Waals surface area contributed by atoms with Crippen molar-refractivity contribution in [3.8, 4) is 11.4 Å². The van der Waals surface area contributed by atoms with Crippen LogP contribution in [0.25, 0.3) is 11.4 Å². The highest BCUT2D eigenvalue weighted by atomic mass is 35.5. The summed E-state index contributed by atoms with van der Waals surface area (Å²) in [6.07, 6.45) is 3.77. The Hall–Kier alpha value is -2.80. The zero-order valence-corrected chi connectivity index (χ0v) is 15.6. The number of aromatic nitrogens is 4. The lowest BCUT2D eigenvalue weighted by molar-refractivity contribution is 0.0671. The summed E-state index contributed by atoms with van der Waals surface area (Å²) in [7, 11) is 0. The van der Waals surface area contributed by atoms with E-state index in [-0.39, 0.29) is 22.5 Å². The molecule has 8 heteroatoms. The molecule has 4 rings (SSSR count). The van der Waals surface area contributed by atoms with Crippen LogP contribution >= 0.6 is 11.6 Å². The topological polar surface area (TPSA) is 74.8 Å². The maximum Gasteiger partial charge on any atom is 0.254 e. The first-order valence-electron chi connectivity index (χ1n) is 8.58. The summed E-state index contributed by atoms with van der Waals surface area (Å²) in [6, 6.07) is 4.58. The molecule has 1 aliphatic heterocycles. The largest absolute Gasteiger partial charge is 0.330 e. The molecule has 1 amide bonds. The summed E-state index contributed by atoms with van der Waals surface area (Å²) in [5.41, 5.74) is 3.97. The van der Waals surface area contributed by atoms with Gasteiger partial charge in [0, 0.05) is 23.9 Å². The minimum atomic E-state index is -0.559. The van der Waals surface area contributed by atoms with E-state index in [2.05, 4.69) is 20.2 Å². The second-order valence-corrected chi connectivity index (χ2v) is 6.92. The van der Waals surface area contributed by atoms with Gasteiger partial charge in [0.25, 0.3) is 5.91 Å². The minimum Gasteiger partial charge on any atom is -0.330 e. The number of nitrogens with one attached hydrogen (secondary N) is 1. The maximum absolute atomic E-state index is 14.1. The van der Waals surface area contributed by atoms with Crippen molar-refractivity contribution < 1.29 is 9.18 Å². The number of fused-ring (bicyclic) bond motifs is 1. The number of nitrogens with zero attached hydrogens (tertiary/aromatic N) is 4. The van der Waals surface area contributed by atoms with Crippen LogP contribution in [0.1, 0.15) is 40.1 Å². The monoisotopic (exact) mass is 385 g/mol. The SMILES string of the molecule is Cc1c(C(=O)N2CCc3c(-c4ccn[nH]4)ncnc3C2C)ccc(Cl)c1F. The maximum atomic E-state index is 14.1. The van der Waals surface area contributed by atoms with Crippen LogP contribution in [0.2, 0.25) is 5.02 Å². The molecule has 0 saturated carbocycles. The van der Waals surface area contributed by atoms with Gasteiger partial charge in [-0.15, -0.1) is 0 Å². The number of halogens is 2. The molecule has 138 valence electrons. The second-order valence-electron chi connectivity index (χ2n) is 6.51. The summed E-state index contributed by atoms with van der Waals surface area (Å²) in [4.78, 5) is 23.6. The average Bonchev–Trinajstić information content (AvgIpc) is 3.20. The highest BCUT2D eigenvalue weighted by molar-refractivity contribution is 6.31. The van der Waals surface area contributed by atoms with E-state index in [0.717, 1.165) is 22.6 Å². The van der Waals surface area contributed by atoms with Crippen molar-refractivity contribution in [3.63, 3.8) is 0 Å². The number of amides is 1. The molecule has 1 aromatic carbocycles. The van der Waals surface area contributed by atoms with Crippen LogP contribution in [-0.2, 0) is 6.42 Å². The Bertz CT molecular complexity index is 1020. The summed E-state index contributed by atoms with van der Waals surface area (Å²) in [6.45, 7) is 3.97. The van der Waals surface area contributed by atoms with Gasteiger partial charge < -0.3 is 4.90 Å². The first-order valence-corrected chi connectivity index (χ1v) is 8.96. The Balaban J connectivity index is 1.71. The van der Waals surface area contributed by atoms with Gasteiger partial charge in [0.1, 0.15) is 12.1 Å². The standard InChI is InChI=1S/C19H17ClFN5O/c1-10-12(3-4-14(20)16(10)21)19(27)26-8-6-13-17(11(26)2)22-9-23-18(13)15-5-7-24-25-15/h3-5,7,9,11H,6,8H2,1-2H3,(H,24,25). The van der Waals surface area contributed by atoms with Crippen LogP contribution in [-0.4, -0.2) is 37.5 Å². The highest BCUT2D eigenvalue weighted by Crippen LogP contribution is 2.34. The summed E-state index contributed by atoms with van der Waals surface area (Å²) in [5, 5.41) is 6.91. The zero-order valence-electron chi connectivity index (χ0n) is 14.8. The lowest BCUT2D eigenvalue weighted by atomic mass is 9.95. The number of hydrogen-bond donors (Lipinski definition) is 1. The van der Waals surface area contributed by atoms with Gasteiger partial charge in [-0.25, -0.2) is 14.4 Å². The normalized spacial score (nSPS) is 16.3. The second kappa shape index (κ2) is 6.74. The Kier molecular flexibility index (Phi) is 4.39. The van der Waals surface area contributed by atoms with E-state index in [1.807, 2.05) is 13.0 Å². The Labute approximate surface area is 160 Å². The summed E-state index contributed by atoms with van der Waals surface area (Å²) in [5.74, 6) is -0.792. The van der Waals surface area contributed by atoms with Crippen molar-refractivity contribution in [2.45, 2.75) is 26.3 Å². The van der Waals surface area contributed by atoms with Gasteiger partial charge in [-0.3, -0.25) is 9.89 Å². The van der Waals surface area contributed by atoms with Crippen LogP contribution in [0.15, 0.2) is 30.7 Å². The number of rotatable bonds is 2. The van der Waals surface area contributed by atoms with Crippen LogP contribution in [0.3, 0.4) is 0 Å². The fourth-order valence-electron chi connectivity index (χ4n) is 3.54. The fourth-order valence-corrected chi connectivity index (χ4v) is 3.75. The first kappa shape index (κ1) is 17.6. The summed E-state index contributed by atoms with van der Waals surface area (Å²) < 4.78 is 14.1. The van der Waals surface area contributed by atoms with Gasteiger partial charge in [-0.05, 0) is 44.0 Å². The third-order valence-corrected chi connectivity index (χ3v) is 5.32. The molecule has 1 aliphatic rings. The molecule has 0 fully saturated rings. The number of H-pyrrole nitrogens is 1. The van der Waals surface area contributed by atoms with Crippen LogP contribution < -0.4 is 0 Å². The number of benzene rings is 1. The number of carbonyl (C=O) groups excluding carboxylic acids is 1. The van der Waals surface area contributed by atoms with Gasteiger partial charge >= 0.3 is 0 Å². The van der Waals surface area contributed by atoms with E-state index in [1.165, 1.54) is 12.4 Å². The molecule has 1 unspecified atom stereocenters. The molecule has 6 nitrogen and oxygen atoms in total.